The monoisotopic (exact) mass is 1130 g/mol. The van der Waals surface area contributed by atoms with Gasteiger partial charge in [0.05, 0.1) is 11.4 Å². The van der Waals surface area contributed by atoms with Gasteiger partial charge >= 0.3 is 0 Å². The number of hydrogen-bond donors (Lipinski definition) is 0. The molecule has 0 aliphatic carbocycles. The molecule has 15 rings (SSSR count). The maximum absolute atomic E-state index is 4.24. The molecule has 6 nitrogen and oxygen atoms in total. The Kier molecular flexibility index (Phi) is 13.8. The minimum atomic E-state index is -0.172. The van der Waals surface area contributed by atoms with Crippen LogP contribution in [0.5, 0.6) is 0 Å². The molecule has 0 saturated heterocycles. The van der Waals surface area contributed by atoms with Crippen LogP contribution in [0.25, 0.3) is 0 Å². The largest absolute Gasteiger partial charge is 0.311 e. The van der Waals surface area contributed by atoms with E-state index in [0.717, 1.165) is 102 Å². The molecule has 11 aromatic rings. The van der Waals surface area contributed by atoms with Crippen molar-refractivity contribution in [3.8, 4) is 0 Å². The van der Waals surface area contributed by atoms with Crippen molar-refractivity contribution in [2.75, 3.05) is 29.4 Å². The summed E-state index contributed by atoms with van der Waals surface area (Å²) in [6, 6.07) is 98.3. The van der Waals surface area contributed by atoms with Crippen LogP contribution in [0.15, 0.2) is 340 Å². The van der Waals surface area contributed by atoms with Crippen LogP contribution >= 0.6 is 0 Å². The van der Waals surface area contributed by atoms with Gasteiger partial charge in [0, 0.05) is 91.0 Å². The van der Waals surface area contributed by atoms with E-state index >= 15 is 0 Å². The summed E-state index contributed by atoms with van der Waals surface area (Å²) in [6.07, 6.45) is 16.5. The highest BCUT2D eigenvalue weighted by atomic mass is 15.2. The summed E-state index contributed by atoms with van der Waals surface area (Å²) in [4.78, 5) is 14.8. The summed E-state index contributed by atoms with van der Waals surface area (Å²) in [7, 11) is 0. The Bertz CT molecular complexity index is 4600. The van der Waals surface area contributed by atoms with E-state index in [9.17, 15) is 0 Å². The zero-order valence-corrected chi connectivity index (χ0v) is 49.3. The van der Waals surface area contributed by atoms with Gasteiger partial charge in [0.15, 0.2) is 0 Å². The van der Waals surface area contributed by atoms with Crippen LogP contribution < -0.4 is 62.2 Å². The van der Waals surface area contributed by atoms with E-state index < -0.39 is 0 Å². The predicted octanol–water partition coefficient (Wildman–Crippen LogP) is 17.4. The van der Waals surface area contributed by atoms with Gasteiger partial charge in [-0.25, -0.2) is 0 Å². The molecule has 0 amide bonds. The van der Waals surface area contributed by atoms with Crippen LogP contribution in [0.2, 0.25) is 0 Å². The molecule has 4 aliphatic rings. The van der Waals surface area contributed by atoms with Crippen molar-refractivity contribution in [1.29, 1.82) is 0 Å². The van der Waals surface area contributed by atoms with Crippen LogP contribution in [-0.4, -0.2) is 13.4 Å². The first-order valence-corrected chi connectivity index (χ1v) is 30.3. The van der Waals surface area contributed by atoms with Crippen molar-refractivity contribution in [1.82, 2.24) is 0 Å². The number of fused-ring (bicyclic) bond motifs is 8. The zero-order valence-electron chi connectivity index (χ0n) is 49.3. The van der Waals surface area contributed by atoms with Gasteiger partial charge in [0.25, 0.3) is 13.4 Å². The second kappa shape index (κ2) is 22.7. The van der Waals surface area contributed by atoms with E-state index in [1.54, 1.807) is 0 Å². The molecule has 0 atom stereocenters. The average Bonchev–Trinajstić information content (AvgIpc) is 0.698. The summed E-state index contributed by atoms with van der Waals surface area (Å²) in [5.74, 6) is 0. The Morgan fingerprint density at radius 2 is 0.682 bits per heavy atom. The van der Waals surface area contributed by atoms with E-state index in [4.69, 9.17) is 0 Å². The number of hydrogen-bond acceptors (Lipinski definition) is 6. The van der Waals surface area contributed by atoms with Crippen molar-refractivity contribution in [3.63, 3.8) is 0 Å². The molecule has 0 N–H and O–H groups in total. The third-order valence-electron chi connectivity index (χ3n) is 17.5. The fraction of sp³-hybridized carbons (Fsp3) is 0.0250. The van der Waals surface area contributed by atoms with Crippen LogP contribution in [0, 0.1) is 0 Å². The summed E-state index contributed by atoms with van der Waals surface area (Å²) in [5, 5.41) is 0. The molecule has 0 aromatic heterocycles. The second-order valence-corrected chi connectivity index (χ2v) is 22.4. The van der Waals surface area contributed by atoms with Crippen LogP contribution in [0.4, 0.5) is 91.0 Å². The van der Waals surface area contributed by atoms with Gasteiger partial charge in [0.2, 0.25) is 0 Å². The molecule has 0 spiro atoms. The smallest absolute Gasteiger partial charge is 0.252 e. The normalized spacial score (nSPS) is 13.6. The number of allylic oxidation sites excluding steroid dienone is 8. The van der Waals surface area contributed by atoms with Crippen molar-refractivity contribution >= 4 is 137 Å². The SMILES string of the molecule is C=C/C=C\C(=C/C)N(c1ccccc1)c1cc2c3c(c1)N(c1ccccc1)c1cc4c(cc1B3c1ccccc1N2c1ccccc1)B1c2ccccc2N(c2ccccc2)c2cc(N(C(/C=C\C)=C/C=C)c3ccccc3)cc(c21)N4c1ccccc1. The lowest BCUT2D eigenvalue weighted by Gasteiger charge is -2.48. The van der Waals surface area contributed by atoms with Crippen molar-refractivity contribution in [2.45, 2.75) is 13.8 Å². The van der Waals surface area contributed by atoms with Crippen molar-refractivity contribution < 1.29 is 0 Å². The van der Waals surface area contributed by atoms with E-state index in [0.29, 0.717) is 0 Å². The number of para-hydroxylation sites is 8. The molecule has 0 bridgehead atoms. The maximum atomic E-state index is 4.24. The molecule has 0 unspecified atom stereocenters. The first kappa shape index (κ1) is 53.5. The lowest BCUT2D eigenvalue weighted by molar-refractivity contribution is 1.18. The molecular formula is C80H62B2N6. The quantitative estimate of drug-likeness (QED) is 0.0793. The molecule has 0 radical (unpaired) electrons. The van der Waals surface area contributed by atoms with Gasteiger partial charge in [-0.05, 0) is 180 Å². The Labute approximate surface area is 517 Å². The number of nitrogens with zero attached hydrogens (tertiary/aromatic N) is 6. The van der Waals surface area contributed by atoms with E-state index in [1.807, 2.05) is 18.2 Å². The van der Waals surface area contributed by atoms with Crippen molar-refractivity contribution in [3.05, 3.63) is 340 Å². The van der Waals surface area contributed by atoms with E-state index in [-0.39, 0.29) is 13.4 Å². The summed E-state index contributed by atoms with van der Waals surface area (Å²) in [5.41, 5.74) is 26.9. The van der Waals surface area contributed by atoms with Crippen molar-refractivity contribution in [2.24, 2.45) is 0 Å². The van der Waals surface area contributed by atoms with Gasteiger partial charge in [-0.2, -0.15) is 0 Å². The standard InChI is InChI=1S/C80H62B2N6/c1-5-9-34-57(8-4)83(59-35-16-10-17-36-59)65-51-75-79-77(52-65)87(63-43-24-14-25-44-63)73-56-74-70(55-69(73)81(79)67-47-28-30-49-71(67)85(75)61-39-20-12-21-40-61)82-68-48-29-31-50-72(68)86(62-41-22-13-23-42-62)76-53-66(54-78(80(76)82)88(74)64-45-26-15-27-46-64)84(58(32-6-2)33-7-3)60-37-18-11-19-38-60/h5-56H,1-2H2,3-4H3/b33-7-,34-9-,57-8+,58-32+. The Morgan fingerprint density at radius 1 is 0.330 bits per heavy atom. The minimum Gasteiger partial charge on any atom is -0.311 e. The number of rotatable bonds is 14. The topological polar surface area (TPSA) is 19.4 Å². The fourth-order valence-electron chi connectivity index (χ4n) is 14.0. The molecule has 4 aliphatic heterocycles. The van der Waals surface area contributed by atoms with Gasteiger partial charge in [-0.3, -0.25) is 0 Å². The molecule has 11 aromatic carbocycles. The Morgan fingerprint density at radius 3 is 1.05 bits per heavy atom. The Balaban J connectivity index is 1.08. The first-order valence-electron chi connectivity index (χ1n) is 30.3. The summed E-state index contributed by atoms with van der Waals surface area (Å²) < 4.78 is 0. The highest BCUT2D eigenvalue weighted by molar-refractivity contribution is 7.03. The van der Waals surface area contributed by atoms with Crippen LogP contribution in [0.1, 0.15) is 13.8 Å². The van der Waals surface area contributed by atoms with Crippen LogP contribution in [0.3, 0.4) is 0 Å². The molecule has 88 heavy (non-hydrogen) atoms. The van der Waals surface area contributed by atoms with E-state index in [2.05, 4.69) is 354 Å². The van der Waals surface area contributed by atoms with Crippen LogP contribution in [-0.2, 0) is 0 Å². The number of anilines is 16. The molecule has 0 fully saturated rings. The molecule has 4 heterocycles. The predicted molar refractivity (Wildman–Crippen MR) is 378 cm³/mol. The van der Waals surface area contributed by atoms with E-state index in [1.165, 1.54) is 32.8 Å². The van der Waals surface area contributed by atoms with Gasteiger partial charge < -0.3 is 29.4 Å². The second-order valence-electron chi connectivity index (χ2n) is 22.4. The lowest BCUT2D eigenvalue weighted by Crippen LogP contribution is -2.65. The fourth-order valence-corrected chi connectivity index (χ4v) is 14.0. The third kappa shape index (κ3) is 8.83. The van der Waals surface area contributed by atoms with Gasteiger partial charge in [-0.15, -0.1) is 0 Å². The molecular weight excluding hydrogens is 1070 g/mol. The zero-order chi connectivity index (χ0) is 59.2. The summed E-state index contributed by atoms with van der Waals surface area (Å²) in [6.45, 7) is 12.2. The average molecular weight is 1130 g/mol. The molecule has 0 saturated carbocycles. The highest BCUT2D eigenvalue weighted by Gasteiger charge is 2.49. The maximum Gasteiger partial charge on any atom is 0.252 e. The first-order chi connectivity index (χ1) is 43.6. The van der Waals surface area contributed by atoms with Gasteiger partial charge in [0.1, 0.15) is 0 Å². The third-order valence-corrected chi connectivity index (χ3v) is 17.5. The number of benzene rings is 11. The molecule has 418 valence electrons. The minimum absolute atomic E-state index is 0.170. The summed E-state index contributed by atoms with van der Waals surface area (Å²) >= 11 is 0. The molecule has 8 heteroatoms. The lowest BCUT2D eigenvalue weighted by atomic mass is 9.30. The highest BCUT2D eigenvalue weighted by Crippen LogP contribution is 2.52. The Hall–Kier alpha value is -11.2. The van der Waals surface area contributed by atoms with Gasteiger partial charge in [-0.1, -0.05) is 195 Å².